The average Bonchev–Trinajstić information content (AvgIpc) is 2.69. The molecule has 1 aromatic heterocycles. The molecular formula is C10H7Cl2N3O2. The molecule has 0 atom stereocenters. The van der Waals surface area contributed by atoms with E-state index in [0.29, 0.717) is 21.4 Å². The van der Waals surface area contributed by atoms with Crippen LogP contribution in [0.5, 0.6) is 0 Å². The van der Waals surface area contributed by atoms with Gasteiger partial charge in [-0.2, -0.15) is 0 Å². The molecule has 0 spiro atoms. The third-order valence-electron chi connectivity index (χ3n) is 2.05. The third-order valence-corrected chi connectivity index (χ3v) is 2.86. The lowest BCUT2D eigenvalue weighted by Crippen LogP contribution is -2.00. The largest absolute Gasteiger partial charge is 0.481 e. The van der Waals surface area contributed by atoms with Gasteiger partial charge in [-0.25, -0.2) is 4.68 Å². The summed E-state index contributed by atoms with van der Waals surface area (Å²) in [5, 5.41) is 16.9. The normalized spacial score (nSPS) is 10.5. The molecule has 2 aromatic rings. The topological polar surface area (TPSA) is 68.0 Å². The zero-order valence-electron chi connectivity index (χ0n) is 8.47. The minimum Gasteiger partial charge on any atom is -0.481 e. The number of carbonyl (C=O) groups is 1. The van der Waals surface area contributed by atoms with Crippen molar-refractivity contribution in [3.63, 3.8) is 0 Å². The van der Waals surface area contributed by atoms with Gasteiger partial charge in [-0.05, 0) is 12.1 Å². The van der Waals surface area contributed by atoms with E-state index in [0.717, 1.165) is 0 Å². The van der Waals surface area contributed by atoms with E-state index in [1.165, 1.54) is 10.9 Å². The van der Waals surface area contributed by atoms with Gasteiger partial charge in [0.15, 0.2) is 0 Å². The van der Waals surface area contributed by atoms with Gasteiger partial charge in [0.1, 0.15) is 0 Å². The van der Waals surface area contributed by atoms with Crippen molar-refractivity contribution in [1.82, 2.24) is 15.0 Å². The van der Waals surface area contributed by atoms with Gasteiger partial charge < -0.3 is 5.11 Å². The summed E-state index contributed by atoms with van der Waals surface area (Å²) >= 11 is 11.9. The Kier molecular flexibility index (Phi) is 3.31. The van der Waals surface area contributed by atoms with E-state index in [2.05, 4.69) is 10.3 Å². The number of carboxylic acids is 1. The molecule has 0 fully saturated rings. The maximum absolute atomic E-state index is 10.5. The van der Waals surface area contributed by atoms with Gasteiger partial charge in [-0.15, -0.1) is 5.10 Å². The zero-order chi connectivity index (χ0) is 12.4. The second kappa shape index (κ2) is 4.73. The summed E-state index contributed by atoms with van der Waals surface area (Å²) in [6, 6.07) is 5.10. The van der Waals surface area contributed by atoms with Gasteiger partial charge >= 0.3 is 5.97 Å². The minimum absolute atomic E-state index is 0.182. The molecule has 0 amide bonds. The molecule has 1 aromatic carbocycles. The third kappa shape index (κ3) is 2.57. The first kappa shape index (κ1) is 11.9. The molecule has 0 bridgehead atoms. The molecule has 0 unspecified atom stereocenters. The Morgan fingerprint density at radius 3 is 2.88 bits per heavy atom. The Balaban J connectivity index is 2.37. The van der Waals surface area contributed by atoms with Crippen LogP contribution in [0.1, 0.15) is 5.69 Å². The summed E-state index contributed by atoms with van der Waals surface area (Å²) in [7, 11) is 0. The van der Waals surface area contributed by atoms with Crippen molar-refractivity contribution in [1.29, 1.82) is 0 Å². The quantitative estimate of drug-likeness (QED) is 0.930. The van der Waals surface area contributed by atoms with Crippen molar-refractivity contribution in [2.24, 2.45) is 0 Å². The molecule has 1 heterocycles. The standard InChI is InChI=1S/C10H7Cl2N3O2/c11-7-2-1-3-8(10(7)12)15-5-6(13-14-15)4-9(16)17/h1-3,5H,4H2,(H,16,17). The van der Waals surface area contributed by atoms with Crippen LogP contribution in [0.2, 0.25) is 10.0 Å². The monoisotopic (exact) mass is 271 g/mol. The highest BCUT2D eigenvalue weighted by Crippen LogP contribution is 2.27. The summed E-state index contributed by atoms with van der Waals surface area (Å²) in [5.41, 5.74) is 0.914. The second-order valence-corrected chi connectivity index (χ2v) is 4.08. The van der Waals surface area contributed by atoms with Crippen molar-refractivity contribution in [3.05, 3.63) is 40.1 Å². The number of rotatable bonds is 3. The fourth-order valence-corrected chi connectivity index (χ4v) is 1.70. The first-order valence-corrected chi connectivity index (χ1v) is 5.41. The Hall–Kier alpha value is -1.59. The average molecular weight is 272 g/mol. The van der Waals surface area contributed by atoms with Crippen LogP contribution >= 0.6 is 23.2 Å². The molecule has 88 valence electrons. The number of hydrogen-bond acceptors (Lipinski definition) is 3. The molecule has 1 N–H and O–H groups in total. The summed E-state index contributed by atoms with van der Waals surface area (Å²) in [6.45, 7) is 0. The maximum Gasteiger partial charge on any atom is 0.309 e. The van der Waals surface area contributed by atoms with Crippen LogP contribution < -0.4 is 0 Å². The van der Waals surface area contributed by atoms with Gasteiger partial charge in [0, 0.05) is 0 Å². The van der Waals surface area contributed by atoms with Crippen molar-refractivity contribution in [2.75, 3.05) is 0 Å². The highest BCUT2D eigenvalue weighted by molar-refractivity contribution is 6.43. The first-order chi connectivity index (χ1) is 8.08. The molecule has 5 nitrogen and oxygen atoms in total. The molecule has 2 rings (SSSR count). The lowest BCUT2D eigenvalue weighted by atomic mass is 10.3. The van der Waals surface area contributed by atoms with E-state index >= 15 is 0 Å². The van der Waals surface area contributed by atoms with E-state index in [1.807, 2.05) is 0 Å². The summed E-state index contributed by atoms with van der Waals surface area (Å²) in [5.74, 6) is -0.964. The number of nitrogens with zero attached hydrogens (tertiary/aromatic N) is 3. The molecule has 0 saturated carbocycles. The maximum atomic E-state index is 10.5. The second-order valence-electron chi connectivity index (χ2n) is 3.30. The fraction of sp³-hybridized carbons (Fsp3) is 0.100. The number of benzene rings is 1. The van der Waals surface area contributed by atoms with Gasteiger partial charge in [0.05, 0.1) is 34.0 Å². The smallest absolute Gasteiger partial charge is 0.309 e. The van der Waals surface area contributed by atoms with Crippen LogP contribution in [0, 0.1) is 0 Å². The number of aromatic nitrogens is 3. The lowest BCUT2D eigenvalue weighted by molar-refractivity contribution is -0.136. The van der Waals surface area contributed by atoms with E-state index in [1.54, 1.807) is 18.2 Å². The number of carboxylic acid groups (broad SMARTS) is 1. The minimum atomic E-state index is -0.964. The molecule has 7 heteroatoms. The van der Waals surface area contributed by atoms with Crippen LogP contribution in [0.4, 0.5) is 0 Å². The molecule has 0 aliphatic heterocycles. The SMILES string of the molecule is O=C(O)Cc1cn(-c2cccc(Cl)c2Cl)nn1. The van der Waals surface area contributed by atoms with E-state index < -0.39 is 5.97 Å². The van der Waals surface area contributed by atoms with Crippen LogP contribution in [0.3, 0.4) is 0 Å². The number of aliphatic carboxylic acids is 1. The highest BCUT2D eigenvalue weighted by atomic mass is 35.5. The predicted octanol–water partition coefficient (Wildman–Crippen LogP) is 2.20. The van der Waals surface area contributed by atoms with Crippen LogP contribution in [-0.2, 0) is 11.2 Å². The lowest BCUT2D eigenvalue weighted by Gasteiger charge is -2.03. The Bertz CT molecular complexity index is 568. The van der Waals surface area contributed by atoms with E-state index in [4.69, 9.17) is 28.3 Å². The van der Waals surface area contributed by atoms with Crippen molar-refractivity contribution in [2.45, 2.75) is 6.42 Å². The number of hydrogen-bond donors (Lipinski definition) is 1. The van der Waals surface area contributed by atoms with Crippen LogP contribution in [-0.4, -0.2) is 26.1 Å². The molecule has 0 aliphatic carbocycles. The Morgan fingerprint density at radius 1 is 1.41 bits per heavy atom. The molecule has 0 aliphatic rings. The first-order valence-electron chi connectivity index (χ1n) is 4.65. The van der Waals surface area contributed by atoms with Crippen molar-refractivity contribution >= 4 is 29.2 Å². The van der Waals surface area contributed by atoms with E-state index in [9.17, 15) is 4.79 Å². The van der Waals surface area contributed by atoms with Crippen molar-refractivity contribution < 1.29 is 9.90 Å². The Morgan fingerprint density at radius 2 is 2.18 bits per heavy atom. The molecular weight excluding hydrogens is 265 g/mol. The van der Waals surface area contributed by atoms with E-state index in [-0.39, 0.29) is 6.42 Å². The van der Waals surface area contributed by atoms with Gasteiger partial charge in [0.25, 0.3) is 0 Å². The summed E-state index contributed by atoms with van der Waals surface area (Å²) in [4.78, 5) is 10.5. The van der Waals surface area contributed by atoms with Crippen molar-refractivity contribution in [3.8, 4) is 5.69 Å². The van der Waals surface area contributed by atoms with Gasteiger partial charge in [-0.1, -0.05) is 34.5 Å². The Labute approximate surface area is 107 Å². The van der Waals surface area contributed by atoms with Gasteiger partial charge in [0.2, 0.25) is 0 Å². The summed E-state index contributed by atoms with van der Waals surface area (Å²) < 4.78 is 1.40. The predicted molar refractivity (Wildman–Crippen MR) is 62.7 cm³/mol. The van der Waals surface area contributed by atoms with Crippen LogP contribution in [0.25, 0.3) is 5.69 Å². The molecule has 0 saturated heterocycles. The molecule has 17 heavy (non-hydrogen) atoms. The highest BCUT2D eigenvalue weighted by Gasteiger charge is 2.10. The van der Waals surface area contributed by atoms with Crippen LogP contribution in [0.15, 0.2) is 24.4 Å². The molecule has 0 radical (unpaired) electrons. The van der Waals surface area contributed by atoms with Gasteiger partial charge in [-0.3, -0.25) is 4.79 Å². The number of halogens is 2. The zero-order valence-corrected chi connectivity index (χ0v) is 9.98. The summed E-state index contributed by atoms with van der Waals surface area (Å²) in [6.07, 6.45) is 1.32. The fourth-order valence-electron chi connectivity index (χ4n) is 1.32.